The van der Waals surface area contributed by atoms with Crippen LogP contribution in [0.5, 0.6) is 5.75 Å². The summed E-state index contributed by atoms with van der Waals surface area (Å²) >= 11 is 0. The second kappa shape index (κ2) is 9.22. The lowest BCUT2D eigenvalue weighted by Crippen LogP contribution is -2.39. The Labute approximate surface area is 151 Å². The number of rotatable bonds is 8. The number of carbonyl (C=O) groups is 3. The maximum atomic E-state index is 11.9. The SMILES string of the molecule is COc1ccc(/C=C/C(=O)N[C@H](C)C(=O)OCC(=O)c2ccc[nH]2)cc1. The Hall–Kier alpha value is -3.35. The van der Waals surface area contributed by atoms with Crippen molar-refractivity contribution >= 4 is 23.7 Å². The summed E-state index contributed by atoms with van der Waals surface area (Å²) in [5.74, 6) is -0.754. The van der Waals surface area contributed by atoms with Crippen molar-refractivity contribution < 1.29 is 23.9 Å². The first-order chi connectivity index (χ1) is 12.5. The van der Waals surface area contributed by atoms with Crippen LogP contribution in [0.1, 0.15) is 23.0 Å². The molecule has 1 aromatic heterocycles. The van der Waals surface area contributed by atoms with Crippen LogP contribution in [0.15, 0.2) is 48.7 Å². The van der Waals surface area contributed by atoms with Gasteiger partial charge in [-0.1, -0.05) is 12.1 Å². The standard InChI is InChI=1S/C19H20N2O5/c1-13(19(24)26-12-17(22)16-4-3-11-20-16)21-18(23)10-7-14-5-8-15(25-2)9-6-14/h3-11,13,20H,12H2,1-2H3,(H,21,23)/b10-7+/t13-/m1/s1. The number of H-pyrrole nitrogens is 1. The Morgan fingerprint density at radius 1 is 1.19 bits per heavy atom. The van der Waals surface area contributed by atoms with Crippen LogP contribution in [0.2, 0.25) is 0 Å². The lowest BCUT2D eigenvalue weighted by atomic mass is 10.2. The zero-order valence-corrected chi connectivity index (χ0v) is 14.5. The van der Waals surface area contributed by atoms with Gasteiger partial charge in [0.2, 0.25) is 11.7 Å². The smallest absolute Gasteiger partial charge is 0.328 e. The molecule has 1 heterocycles. The van der Waals surface area contributed by atoms with Crippen molar-refractivity contribution in [1.82, 2.24) is 10.3 Å². The summed E-state index contributed by atoms with van der Waals surface area (Å²) < 4.78 is 9.97. The number of carbonyl (C=O) groups excluding carboxylic acids is 3. The zero-order chi connectivity index (χ0) is 18.9. The van der Waals surface area contributed by atoms with Crippen LogP contribution < -0.4 is 10.1 Å². The highest BCUT2D eigenvalue weighted by Crippen LogP contribution is 2.12. The van der Waals surface area contributed by atoms with Gasteiger partial charge in [-0.25, -0.2) is 4.79 Å². The van der Waals surface area contributed by atoms with Crippen LogP contribution in [-0.2, 0) is 14.3 Å². The molecule has 0 aliphatic rings. The number of benzene rings is 1. The van der Waals surface area contributed by atoms with E-state index in [2.05, 4.69) is 10.3 Å². The van der Waals surface area contributed by atoms with Crippen molar-refractivity contribution in [3.8, 4) is 5.75 Å². The molecule has 1 aromatic carbocycles. The monoisotopic (exact) mass is 356 g/mol. The third kappa shape index (κ3) is 5.62. The van der Waals surface area contributed by atoms with Crippen molar-refractivity contribution in [1.29, 1.82) is 0 Å². The summed E-state index contributed by atoms with van der Waals surface area (Å²) in [5, 5.41) is 2.49. The maximum Gasteiger partial charge on any atom is 0.328 e. The Morgan fingerprint density at radius 2 is 1.92 bits per heavy atom. The zero-order valence-electron chi connectivity index (χ0n) is 14.5. The van der Waals surface area contributed by atoms with Gasteiger partial charge in [-0.05, 0) is 42.8 Å². The number of aromatic amines is 1. The number of amides is 1. The fourth-order valence-electron chi connectivity index (χ4n) is 2.05. The summed E-state index contributed by atoms with van der Waals surface area (Å²) in [6, 6.07) is 9.54. The minimum atomic E-state index is -0.876. The van der Waals surface area contributed by atoms with E-state index in [9.17, 15) is 14.4 Å². The van der Waals surface area contributed by atoms with E-state index < -0.39 is 17.9 Å². The van der Waals surface area contributed by atoms with Gasteiger partial charge < -0.3 is 19.8 Å². The van der Waals surface area contributed by atoms with Crippen LogP contribution in [0, 0.1) is 0 Å². The van der Waals surface area contributed by atoms with Gasteiger partial charge in [-0.15, -0.1) is 0 Å². The first kappa shape index (κ1) is 19.0. The fraction of sp³-hybridized carbons (Fsp3) is 0.211. The molecule has 2 rings (SSSR count). The molecule has 0 saturated carbocycles. The van der Waals surface area contributed by atoms with E-state index in [1.807, 2.05) is 0 Å². The normalized spacial score (nSPS) is 11.8. The van der Waals surface area contributed by atoms with E-state index >= 15 is 0 Å². The average molecular weight is 356 g/mol. The predicted octanol–water partition coefficient (Wildman–Crippen LogP) is 1.97. The van der Waals surface area contributed by atoms with E-state index in [0.29, 0.717) is 5.69 Å². The number of ether oxygens (including phenoxy) is 2. The largest absolute Gasteiger partial charge is 0.497 e. The molecular weight excluding hydrogens is 336 g/mol. The number of methoxy groups -OCH3 is 1. The molecular formula is C19H20N2O5. The van der Waals surface area contributed by atoms with Gasteiger partial charge in [0.05, 0.1) is 12.8 Å². The second-order valence-corrected chi connectivity index (χ2v) is 5.45. The summed E-state index contributed by atoms with van der Waals surface area (Å²) in [7, 11) is 1.57. The quantitative estimate of drug-likeness (QED) is 0.428. The minimum Gasteiger partial charge on any atom is -0.497 e. The molecule has 0 aliphatic carbocycles. The molecule has 0 unspecified atom stereocenters. The van der Waals surface area contributed by atoms with E-state index in [-0.39, 0.29) is 12.4 Å². The number of aromatic nitrogens is 1. The second-order valence-electron chi connectivity index (χ2n) is 5.45. The van der Waals surface area contributed by atoms with E-state index in [0.717, 1.165) is 11.3 Å². The van der Waals surface area contributed by atoms with Gasteiger partial charge in [0, 0.05) is 12.3 Å². The highest BCUT2D eigenvalue weighted by atomic mass is 16.5. The Balaban J connectivity index is 1.78. The maximum absolute atomic E-state index is 11.9. The van der Waals surface area contributed by atoms with Crippen LogP contribution in [0.25, 0.3) is 6.08 Å². The molecule has 0 fully saturated rings. The summed E-state index contributed by atoms with van der Waals surface area (Å²) in [4.78, 5) is 38.2. The van der Waals surface area contributed by atoms with Crippen LogP contribution >= 0.6 is 0 Å². The van der Waals surface area contributed by atoms with Crippen molar-refractivity contribution in [2.24, 2.45) is 0 Å². The molecule has 0 spiro atoms. The molecule has 0 radical (unpaired) electrons. The van der Waals surface area contributed by atoms with Crippen LogP contribution in [-0.4, -0.2) is 42.4 Å². The molecule has 0 saturated heterocycles. The highest BCUT2D eigenvalue weighted by molar-refractivity contribution is 5.97. The Morgan fingerprint density at radius 3 is 2.54 bits per heavy atom. The van der Waals surface area contributed by atoms with E-state index in [1.54, 1.807) is 55.8 Å². The molecule has 26 heavy (non-hydrogen) atoms. The number of hydrogen-bond acceptors (Lipinski definition) is 5. The van der Waals surface area contributed by atoms with E-state index in [4.69, 9.17) is 9.47 Å². The van der Waals surface area contributed by atoms with Crippen LogP contribution in [0.3, 0.4) is 0 Å². The van der Waals surface area contributed by atoms with Crippen molar-refractivity contribution in [3.05, 3.63) is 59.9 Å². The van der Waals surface area contributed by atoms with Gasteiger partial charge in [-0.2, -0.15) is 0 Å². The van der Waals surface area contributed by atoms with Crippen molar-refractivity contribution in [3.63, 3.8) is 0 Å². The van der Waals surface area contributed by atoms with Crippen LogP contribution in [0.4, 0.5) is 0 Å². The average Bonchev–Trinajstić information content (AvgIpc) is 3.19. The predicted molar refractivity (Wildman–Crippen MR) is 95.7 cm³/mol. The lowest BCUT2D eigenvalue weighted by Gasteiger charge is -2.11. The fourth-order valence-corrected chi connectivity index (χ4v) is 2.05. The van der Waals surface area contributed by atoms with Crippen molar-refractivity contribution in [2.75, 3.05) is 13.7 Å². The van der Waals surface area contributed by atoms with Gasteiger partial charge in [0.25, 0.3) is 0 Å². The number of ketones is 1. The van der Waals surface area contributed by atoms with Gasteiger partial charge in [-0.3, -0.25) is 9.59 Å². The first-order valence-corrected chi connectivity index (χ1v) is 7.95. The van der Waals surface area contributed by atoms with E-state index in [1.165, 1.54) is 13.0 Å². The topological polar surface area (TPSA) is 97.5 Å². The minimum absolute atomic E-state index is 0.346. The third-order valence-electron chi connectivity index (χ3n) is 3.50. The number of esters is 1. The molecule has 136 valence electrons. The molecule has 7 nitrogen and oxygen atoms in total. The Bertz CT molecular complexity index is 779. The number of Topliss-reactive ketones (excluding diaryl/α,β-unsaturated/α-hetero) is 1. The number of nitrogens with one attached hydrogen (secondary N) is 2. The number of hydrogen-bond donors (Lipinski definition) is 2. The molecule has 2 aromatic rings. The third-order valence-corrected chi connectivity index (χ3v) is 3.50. The lowest BCUT2D eigenvalue weighted by molar-refractivity contribution is -0.145. The van der Waals surface area contributed by atoms with Gasteiger partial charge in [0.1, 0.15) is 11.8 Å². The summed E-state index contributed by atoms with van der Waals surface area (Å²) in [6.07, 6.45) is 4.53. The first-order valence-electron chi connectivity index (χ1n) is 7.95. The molecule has 1 amide bonds. The highest BCUT2D eigenvalue weighted by Gasteiger charge is 2.18. The molecule has 0 bridgehead atoms. The molecule has 1 atom stereocenters. The van der Waals surface area contributed by atoms with Gasteiger partial charge in [0.15, 0.2) is 6.61 Å². The summed E-state index contributed by atoms with van der Waals surface area (Å²) in [5.41, 5.74) is 1.17. The molecule has 0 aliphatic heterocycles. The molecule has 7 heteroatoms. The van der Waals surface area contributed by atoms with Crippen molar-refractivity contribution in [2.45, 2.75) is 13.0 Å². The molecule has 2 N–H and O–H groups in total. The van der Waals surface area contributed by atoms with Gasteiger partial charge >= 0.3 is 5.97 Å². The Kier molecular flexibility index (Phi) is 6.73. The summed E-state index contributed by atoms with van der Waals surface area (Å²) in [6.45, 7) is 1.10.